The Labute approximate surface area is 180 Å². The molecule has 1 heterocycles. The van der Waals surface area contributed by atoms with Crippen LogP contribution < -0.4 is 0 Å². The monoisotopic (exact) mass is 447 g/mol. The second-order valence-corrected chi connectivity index (χ2v) is 11.5. The second-order valence-electron chi connectivity index (χ2n) is 9.00. The zero-order valence-corrected chi connectivity index (χ0v) is 19.7. The molecule has 1 aliphatic rings. The molecule has 0 saturated carbocycles. The fourth-order valence-corrected chi connectivity index (χ4v) is 4.76. The quantitative estimate of drug-likeness (QED) is 0.210. The Hall–Kier alpha value is -1.40. The summed E-state index contributed by atoms with van der Waals surface area (Å²) in [6.07, 6.45) is 6.66. The number of hydrogen-bond donors (Lipinski definition) is 1. The van der Waals surface area contributed by atoms with Crippen molar-refractivity contribution in [2.24, 2.45) is 5.41 Å². The molecule has 0 spiro atoms. The normalized spacial score (nSPS) is 18.7. The molecule has 1 rings (SSSR count). The summed E-state index contributed by atoms with van der Waals surface area (Å²) in [7, 11) is -3.58. The van der Waals surface area contributed by atoms with E-state index in [0.29, 0.717) is 25.8 Å². The molecule has 0 aromatic rings. The van der Waals surface area contributed by atoms with Crippen LogP contribution in [0.25, 0.3) is 0 Å². The minimum absolute atomic E-state index is 0.122. The van der Waals surface area contributed by atoms with E-state index >= 15 is 0 Å². The van der Waals surface area contributed by atoms with Crippen molar-refractivity contribution in [3.63, 3.8) is 0 Å². The Balaban J connectivity index is 2.45. The zero-order valence-electron chi connectivity index (χ0n) is 18.9. The molecule has 1 N–H and O–H groups in total. The van der Waals surface area contributed by atoms with Gasteiger partial charge in [-0.2, -0.15) is 0 Å². The van der Waals surface area contributed by atoms with Gasteiger partial charge >= 0.3 is 11.9 Å². The van der Waals surface area contributed by atoms with Gasteiger partial charge in [0.2, 0.25) is 20.1 Å². The van der Waals surface area contributed by atoms with Crippen molar-refractivity contribution < 1.29 is 33.3 Å². The van der Waals surface area contributed by atoms with E-state index in [4.69, 9.17) is 9.47 Å². The van der Waals surface area contributed by atoms with Crippen LogP contribution in [0.1, 0.15) is 79.1 Å². The van der Waals surface area contributed by atoms with Crippen LogP contribution in [0.15, 0.2) is 0 Å². The standard InChI is InChI=1S/C21H38NO7P/c1-5-6-7-8-9-10-14-30(26,27)15-18(23)22-13-11-12-17(22)19(24)28-16-29-20(25)21(2,3)4/h17H,5-16H2,1-4H3,(H,26,27)/t17-/m0/s1. The number of esters is 2. The number of carbonyl (C=O) groups excluding carboxylic acids is 3. The Morgan fingerprint density at radius 2 is 1.70 bits per heavy atom. The first-order valence-electron chi connectivity index (χ1n) is 10.9. The molecular formula is C21H38NO7P. The number of rotatable bonds is 12. The Bertz CT molecular complexity index is 629. The first kappa shape index (κ1) is 26.6. The number of hydrogen-bond acceptors (Lipinski definition) is 6. The lowest BCUT2D eigenvalue weighted by atomic mass is 9.98. The van der Waals surface area contributed by atoms with E-state index in [1.165, 1.54) is 4.90 Å². The maximum Gasteiger partial charge on any atom is 0.331 e. The van der Waals surface area contributed by atoms with Crippen LogP contribution in [0.4, 0.5) is 0 Å². The number of ether oxygens (including phenoxy) is 2. The molecule has 0 radical (unpaired) electrons. The molecule has 1 amide bonds. The highest BCUT2D eigenvalue weighted by Gasteiger charge is 2.37. The van der Waals surface area contributed by atoms with Gasteiger partial charge in [-0.25, -0.2) is 4.79 Å². The van der Waals surface area contributed by atoms with E-state index in [0.717, 1.165) is 32.1 Å². The van der Waals surface area contributed by atoms with Crippen molar-refractivity contribution in [3.05, 3.63) is 0 Å². The van der Waals surface area contributed by atoms with Gasteiger partial charge in [-0.15, -0.1) is 0 Å². The van der Waals surface area contributed by atoms with Crippen molar-refractivity contribution in [2.75, 3.05) is 25.7 Å². The first-order chi connectivity index (χ1) is 14.0. The molecule has 2 atom stereocenters. The smallest absolute Gasteiger partial charge is 0.331 e. The summed E-state index contributed by atoms with van der Waals surface area (Å²) in [4.78, 5) is 48.1. The fourth-order valence-electron chi connectivity index (χ4n) is 3.28. The highest BCUT2D eigenvalue weighted by molar-refractivity contribution is 7.58. The van der Waals surface area contributed by atoms with Crippen molar-refractivity contribution in [1.82, 2.24) is 4.90 Å². The van der Waals surface area contributed by atoms with Gasteiger partial charge in [-0.3, -0.25) is 14.2 Å². The van der Waals surface area contributed by atoms with Crippen molar-refractivity contribution in [1.29, 1.82) is 0 Å². The Kier molecular flexibility index (Phi) is 11.1. The van der Waals surface area contributed by atoms with Gasteiger partial charge < -0.3 is 19.3 Å². The molecule has 0 aromatic carbocycles. The predicted molar refractivity (Wildman–Crippen MR) is 114 cm³/mol. The lowest BCUT2D eigenvalue weighted by molar-refractivity contribution is -0.176. The minimum Gasteiger partial charge on any atom is -0.427 e. The van der Waals surface area contributed by atoms with Crippen LogP contribution >= 0.6 is 7.37 Å². The summed E-state index contributed by atoms with van der Waals surface area (Å²) in [6, 6.07) is -0.806. The molecule has 0 aliphatic carbocycles. The van der Waals surface area contributed by atoms with Crippen LogP contribution in [-0.2, 0) is 28.4 Å². The summed E-state index contributed by atoms with van der Waals surface area (Å²) in [5.74, 6) is -1.66. The van der Waals surface area contributed by atoms with Crippen molar-refractivity contribution >= 4 is 25.2 Å². The number of nitrogens with zero attached hydrogens (tertiary/aromatic N) is 1. The van der Waals surface area contributed by atoms with Gasteiger partial charge in [0.05, 0.1) is 5.41 Å². The largest absolute Gasteiger partial charge is 0.427 e. The average Bonchev–Trinajstić information content (AvgIpc) is 3.13. The van der Waals surface area contributed by atoms with E-state index in [-0.39, 0.29) is 6.16 Å². The van der Waals surface area contributed by atoms with Gasteiger partial charge in [0.25, 0.3) is 0 Å². The van der Waals surface area contributed by atoms with Gasteiger partial charge in [0.1, 0.15) is 12.2 Å². The summed E-state index contributed by atoms with van der Waals surface area (Å²) in [5, 5.41) is 0. The van der Waals surface area contributed by atoms with Crippen LogP contribution in [0.2, 0.25) is 0 Å². The van der Waals surface area contributed by atoms with E-state index in [9.17, 15) is 23.8 Å². The van der Waals surface area contributed by atoms with Gasteiger partial charge in [0.15, 0.2) is 0 Å². The molecule has 1 aliphatic heterocycles. The Morgan fingerprint density at radius 1 is 1.07 bits per heavy atom. The molecule has 8 nitrogen and oxygen atoms in total. The van der Waals surface area contributed by atoms with E-state index < -0.39 is 49.6 Å². The van der Waals surface area contributed by atoms with E-state index in [1.54, 1.807) is 20.8 Å². The minimum atomic E-state index is -3.58. The molecule has 1 unspecified atom stereocenters. The Morgan fingerprint density at radius 3 is 2.33 bits per heavy atom. The zero-order chi connectivity index (χ0) is 22.8. The summed E-state index contributed by atoms with van der Waals surface area (Å²) in [6.45, 7) is 7.03. The van der Waals surface area contributed by atoms with Gasteiger partial charge in [-0.05, 0) is 40.0 Å². The maximum atomic E-state index is 12.6. The number of likely N-dealkylation sites (tertiary alicyclic amines) is 1. The van der Waals surface area contributed by atoms with Crippen molar-refractivity contribution in [3.8, 4) is 0 Å². The topological polar surface area (TPSA) is 110 Å². The van der Waals surface area contributed by atoms with Crippen LogP contribution in [0.3, 0.4) is 0 Å². The highest BCUT2D eigenvalue weighted by Crippen LogP contribution is 2.42. The van der Waals surface area contributed by atoms with Crippen molar-refractivity contribution in [2.45, 2.75) is 85.1 Å². The first-order valence-corrected chi connectivity index (χ1v) is 12.9. The number of carbonyl (C=O) groups is 3. The third-order valence-electron chi connectivity index (χ3n) is 5.09. The average molecular weight is 448 g/mol. The molecule has 1 fully saturated rings. The van der Waals surface area contributed by atoms with Gasteiger partial charge in [-0.1, -0.05) is 39.0 Å². The second kappa shape index (κ2) is 12.5. The third kappa shape index (κ3) is 9.61. The van der Waals surface area contributed by atoms with Crippen LogP contribution in [0, 0.1) is 5.41 Å². The third-order valence-corrected chi connectivity index (χ3v) is 6.87. The lowest BCUT2D eigenvalue weighted by Gasteiger charge is -2.24. The highest BCUT2D eigenvalue weighted by atomic mass is 31.2. The molecule has 9 heteroatoms. The molecule has 174 valence electrons. The van der Waals surface area contributed by atoms with Gasteiger partial charge in [0, 0.05) is 12.7 Å². The number of amides is 1. The molecule has 0 aromatic heterocycles. The van der Waals surface area contributed by atoms with E-state index in [1.807, 2.05) is 0 Å². The summed E-state index contributed by atoms with van der Waals surface area (Å²) >= 11 is 0. The maximum absolute atomic E-state index is 12.6. The SMILES string of the molecule is CCCCCCCCP(=O)(O)CC(=O)N1CCC[C@H]1C(=O)OCOC(=O)C(C)(C)C. The molecule has 0 bridgehead atoms. The number of unbranched alkanes of at least 4 members (excludes halogenated alkanes) is 5. The van der Waals surface area contributed by atoms with Crippen LogP contribution in [0.5, 0.6) is 0 Å². The van der Waals surface area contributed by atoms with E-state index in [2.05, 4.69) is 6.92 Å². The molecule has 1 saturated heterocycles. The van der Waals surface area contributed by atoms with Crippen LogP contribution in [-0.4, -0.2) is 59.3 Å². The molecule has 30 heavy (non-hydrogen) atoms. The summed E-state index contributed by atoms with van der Waals surface area (Å²) in [5.41, 5.74) is -0.708. The predicted octanol–water partition coefficient (Wildman–Crippen LogP) is 3.70. The molecular weight excluding hydrogens is 409 g/mol. The lowest BCUT2D eigenvalue weighted by Crippen LogP contribution is -2.43. The summed E-state index contributed by atoms with van der Waals surface area (Å²) < 4.78 is 22.4. The fraction of sp³-hybridized carbons (Fsp3) is 0.857.